The summed E-state index contributed by atoms with van der Waals surface area (Å²) in [6, 6.07) is 7.73. The molecular weight excluding hydrogens is 250 g/mol. The fourth-order valence-electron chi connectivity index (χ4n) is 2.40. The second-order valence-corrected chi connectivity index (χ2v) is 7.08. The quantitative estimate of drug-likeness (QED) is 0.887. The van der Waals surface area contributed by atoms with Gasteiger partial charge in [-0.15, -0.1) is 0 Å². The SMILES string of the molecule is CS(=O)(=O)CC(N)CC1OCCc2ccccc21. The second-order valence-electron chi connectivity index (χ2n) is 4.90. The highest BCUT2D eigenvalue weighted by Gasteiger charge is 2.24. The lowest BCUT2D eigenvalue weighted by atomic mass is 9.94. The predicted molar refractivity (Wildman–Crippen MR) is 71.1 cm³/mol. The van der Waals surface area contributed by atoms with Gasteiger partial charge in [-0.3, -0.25) is 0 Å². The van der Waals surface area contributed by atoms with E-state index in [1.54, 1.807) is 0 Å². The minimum atomic E-state index is -3.03. The molecule has 2 unspecified atom stereocenters. The second kappa shape index (κ2) is 5.38. The molecule has 0 saturated heterocycles. The van der Waals surface area contributed by atoms with Gasteiger partial charge >= 0.3 is 0 Å². The van der Waals surface area contributed by atoms with Crippen molar-refractivity contribution in [2.24, 2.45) is 5.73 Å². The lowest BCUT2D eigenvalue weighted by Gasteiger charge is -2.27. The van der Waals surface area contributed by atoms with Crippen molar-refractivity contribution in [1.29, 1.82) is 0 Å². The van der Waals surface area contributed by atoms with E-state index in [1.807, 2.05) is 18.2 Å². The van der Waals surface area contributed by atoms with Gasteiger partial charge in [0.05, 0.1) is 18.5 Å². The van der Waals surface area contributed by atoms with Gasteiger partial charge in [0, 0.05) is 12.3 Å². The fourth-order valence-corrected chi connectivity index (χ4v) is 3.32. The molecule has 0 aromatic heterocycles. The summed E-state index contributed by atoms with van der Waals surface area (Å²) >= 11 is 0. The topological polar surface area (TPSA) is 69.4 Å². The smallest absolute Gasteiger partial charge is 0.148 e. The Bertz CT molecular complexity index is 513. The average molecular weight is 269 g/mol. The highest BCUT2D eigenvalue weighted by Crippen LogP contribution is 2.30. The summed E-state index contributed by atoms with van der Waals surface area (Å²) in [5, 5.41) is 0. The highest BCUT2D eigenvalue weighted by atomic mass is 32.2. The minimum Gasteiger partial charge on any atom is -0.373 e. The van der Waals surface area contributed by atoms with E-state index in [9.17, 15) is 8.42 Å². The zero-order valence-corrected chi connectivity index (χ0v) is 11.3. The number of ether oxygens (including phenoxy) is 1. The van der Waals surface area contributed by atoms with Gasteiger partial charge in [0.15, 0.2) is 0 Å². The molecule has 0 saturated carbocycles. The van der Waals surface area contributed by atoms with Crippen LogP contribution in [0, 0.1) is 0 Å². The van der Waals surface area contributed by atoms with Crippen LogP contribution in [0.3, 0.4) is 0 Å². The number of sulfone groups is 1. The summed E-state index contributed by atoms with van der Waals surface area (Å²) in [6.07, 6.45) is 2.59. The molecule has 1 aliphatic heterocycles. The molecule has 1 aromatic carbocycles. The molecular formula is C13H19NO3S. The summed E-state index contributed by atoms with van der Waals surface area (Å²) in [7, 11) is -3.03. The van der Waals surface area contributed by atoms with Gasteiger partial charge < -0.3 is 10.5 Å². The summed E-state index contributed by atoms with van der Waals surface area (Å²) in [6.45, 7) is 0.674. The standard InChI is InChI=1S/C13H19NO3S/c1-18(15,16)9-11(14)8-13-12-5-3-2-4-10(12)6-7-17-13/h2-5,11,13H,6-9,14H2,1H3. The molecule has 2 N–H and O–H groups in total. The van der Waals surface area contributed by atoms with E-state index < -0.39 is 9.84 Å². The van der Waals surface area contributed by atoms with Crippen LogP contribution in [0.4, 0.5) is 0 Å². The summed E-state index contributed by atoms with van der Waals surface area (Å²) in [5.41, 5.74) is 8.31. The van der Waals surface area contributed by atoms with E-state index in [1.165, 1.54) is 11.8 Å². The summed E-state index contributed by atoms with van der Waals surface area (Å²) in [5.74, 6) is 0.00896. The van der Waals surface area contributed by atoms with Gasteiger partial charge in [-0.2, -0.15) is 0 Å². The van der Waals surface area contributed by atoms with E-state index in [0.717, 1.165) is 12.0 Å². The Hall–Kier alpha value is -0.910. The fraction of sp³-hybridized carbons (Fsp3) is 0.538. The molecule has 0 radical (unpaired) electrons. The number of nitrogens with two attached hydrogens (primary N) is 1. The number of hydrogen-bond donors (Lipinski definition) is 1. The van der Waals surface area contributed by atoms with Crippen LogP contribution < -0.4 is 5.73 Å². The van der Waals surface area contributed by atoms with E-state index in [2.05, 4.69) is 6.07 Å². The molecule has 1 aromatic rings. The van der Waals surface area contributed by atoms with Crippen LogP contribution in [0.1, 0.15) is 23.7 Å². The van der Waals surface area contributed by atoms with Crippen molar-refractivity contribution in [1.82, 2.24) is 0 Å². The molecule has 0 fully saturated rings. The van der Waals surface area contributed by atoms with E-state index in [4.69, 9.17) is 10.5 Å². The van der Waals surface area contributed by atoms with Crippen LogP contribution in [-0.2, 0) is 21.0 Å². The first-order valence-corrected chi connectivity index (χ1v) is 8.14. The Morgan fingerprint density at radius 2 is 2.17 bits per heavy atom. The van der Waals surface area contributed by atoms with Crippen molar-refractivity contribution in [2.75, 3.05) is 18.6 Å². The van der Waals surface area contributed by atoms with E-state index in [-0.39, 0.29) is 17.9 Å². The van der Waals surface area contributed by atoms with Gasteiger partial charge in [0.1, 0.15) is 9.84 Å². The zero-order valence-electron chi connectivity index (χ0n) is 10.5. The van der Waals surface area contributed by atoms with Crippen LogP contribution in [0.2, 0.25) is 0 Å². The third kappa shape index (κ3) is 3.54. The summed E-state index contributed by atoms with van der Waals surface area (Å²) in [4.78, 5) is 0. The molecule has 18 heavy (non-hydrogen) atoms. The Morgan fingerprint density at radius 1 is 1.44 bits per heavy atom. The van der Waals surface area contributed by atoms with Gasteiger partial charge in [-0.05, 0) is 24.0 Å². The molecule has 5 heteroatoms. The molecule has 0 bridgehead atoms. The first-order valence-electron chi connectivity index (χ1n) is 6.08. The van der Waals surface area contributed by atoms with Crippen molar-refractivity contribution in [3.05, 3.63) is 35.4 Å². The normalized spacial score (nSPS) is 21.3. The molecule has 4 nitrogen and oxygen atoms in total. The molecule has 0 aliphatic carbocycles. The molecule has 1 aliphatic rings. The number of benzene rings is 1. The molecule has 0 spiro atoms. The van der Waals surface area contributed by atoms with Crippen molar-refractivity contribution < 1.29 is 13.2 Å². The summed E-state index contributed by atoms with van der Waals surface area (Å²) < 4.78 is 28.1. The molecule has 1 heterocycles. The zero-order chi connectivity index (χ0) is 13.2. The van der Waals surface area contributed by atoms with E-state index in [0.29, 0.717) is 13.0 Å². The van der Waals surface area contributed by atoms with Crippen molar-refractivity contribution in [3.63, 3.8) is 0 Å². The monoisotopic (exact) mass is 269 g/mol. The average Bonchev–Trinajstić information content (AvgIpc) is 2.27. The first kappa shape index (κ1) is 13.5. The minimum absolute atomic E-state index is 0.00896. The Labute approximate surface area is 108 Å². The molecule has 2 atom stereocenters. The van der Waals surface area contributed by atoms with Crippen LogP contribution in [-0.4, -0.2) is 33.1 Å². The van der Waals surface area contributed by atoms with Gasteiger partial charge in [0.25, 0.3) is 0 Å². The number of rotatable bonds is 4. The van der Waals surface area contributed by atoms with Crippen LogP contribution in [0.25, 0.3) is 0 Å². The highest BCUT2D eigenvalue weighted by molar-refractivity contribution is 7.90. The van der Waals surface area contributed by atoms with Crippen LogP contribution in [0.5, 0.6) is 0 Å². The van der Waals surface area contributed by atoms with Gasteiger partial charge in [0.2, 0.25) is 0 Å². The van der Waals surface area contributed by atoms with Crippen molar-refractivity contribution in [3.8, 4) is 0 Å². The van der Waals surface area contributed by atoms with Crippen molar-refractivity contribution >= 4 is 9.84 Å². The van der Waals surface area contributed by atoms with Crippen LogP contribution >= 0.6 is 0 Å². The Kier molecular flexibility index (Phi) is 4.04. The Morgan fingerprint density at radius 3 is 2.89 bits per heavy atom. The lowest BCUT2D eigenvalue weighted by Crippen LogP contribution is -2.32. The maximum atomic E-state index is 11.2. The van der Waals surface area contributed by atoms with E-state index >= 15 is 0 Å². The largest absolute Gasteiger partial charge is 0.373 e. The molecule has 100 valence electrons. The lowest BCUT2D eigenvalue weighted by molar-refractivity contribution is 0.0334. The maximum Gasteiger partial charge on any atom is 0.148 e. The van der Waals surface area contributed by atoms with Gasteiger partial charge in [-0.25, -0.2) is 8.42 Å². The molecule has 2 rings (SSSR count). The number of fused-ring (bicyclic) bond motifs is 1. The van der Waals surface area contributed by atoms with Gasteiger partial charge in [-0.1, -0.05) is 24.3 Å². The maximum absolute atomic E-state index is 11.2. The first-order chi connectivity index (χ1) is 8.46. The van der Waals surface area contributed by atoms with Crippen molar-refractivity contribution in [2.45, 2.75) is 25.0 Å². The molecule has 0 amide bonds. The predicted octanol–water partition coefficient (Wildman–Crippen LogP) is 1.06. The van der Waals surface area contributed by atoms with Crippen LogP contribution in [0.15, 0.2) is 24.3 Å². The number of hydrogen-bond acceptors (Lipinski definition) is 4. The third-order valence-electron chi connectivity index (χ3n) is 3.13. The Balaban J connectivity index is 2.07. The third-order valence-corrected chi connectivity index (χ3v) is 4.16.